The van der Waals surface area contributed by atoms with Gasteiger partial charge in [-0.05, 0) is 62.4 Å². The Labute approximate surface area is 217 Å². The molecule has 1 amide bonds. The second-order valence-electron chi connectivity index (χ2n) is 8.31. The molecule has 9 heteroatoms. The Kier molecular flexibility index (Phi) is 7.48. The Hall–Kier alpha value is -3.43. The van der Waals surface area contributed by atoms with Crippen molar-refractivity contribution < 1.29 is 9.53 Å². The Bertz CT molecular complexity index is 1480. The summed E-state index contributed by atoms with van der Waals surface area (Å²) in [6.45, 7) is 2.46. The number of hydrogen-bond acceptors (Lipinski definition) is 7. The zero-order chi connectivity index (χ0) is 24.9. The number of hydrazone groups is 1. The lowest BCUT2D eigenvalue weighted by molar-refractivity contribution is -0.118. The molecule has 0 atom stereocenters. The summed E-state index contributed by atoms with van der Waals surface area (Å²) >= 11 is 2.84. The van der Waals surface area contributed by atoms with Crippen molar-refractivity contribution in [2.24, 2.45) is 5.10 Å². The molecule has 7 nitrogen and oxygen atoms in total. The van der Waals surface area contributed by atoms with E-state index in [1.165, 1.54) is 16.6 Å². The monoisotopic (exact) mass is 518 g/mol. The lowest BCUT2D eigenvalue weighted by Crippen LogP contribution is -2.24. The Morgan fingerprint density at radius 1 is 1.17 bits per heavy atom. The first-order chi connectivity index (χ1) is 17.7. The van der Waals surface area contributed by atoms with Gasteiger partial charge in [0.15, 0.2) is 5.16 Å². The fourth-order valence-electron chi connectivity index (χ4n) is 4.30. The van der Waals surface area contributed by atoms with Crippen LogP contribution in [0.1, 0.15) is 35.8 Å². The van der Waals surface area contributed by atoms with Crippen LogP contribution < -0.4 is 15.7 Å². The molecule has 0 spiro atoms. The van der Waals surface area contributed by atoms with Gasteiger partial charge in [-0.15, -0.1) is 11.3 Å². The van der Waals surface area contributed by atoms with Crippen LogP contribution in [0.3, 0.4) is 0 Å². The highest BCUT2D eigenvalue weighted by Crippen LogP contribution is 2.35. The third-order valence-electron chi connectivity index (χ3n) is 5.92. The van der Waals surface area contributed by atoms with E-state index < -0.39 is 0 Å². The van der Waals surface area contributed by atoms with Crippen molar-refractivity contribution >= 4 is 45.4 Å². The molecular weight excluding hydrogens is 492 g/mol. The summed E-state index contributed by atoms with van der Waals surface area (Å²) in [5.41, 5.74) is 5.16. The van der Waals surface area contributed by atoms with Gasteiger partial charge >= 0.3 is 0 Å². The summed E-state index contributed by atoms with van der Waals surface area (Å²) in [4.78, 5) is 33.2. The van der Waals surface area contributed by atoms with Gasteiger partial charge in [0.2, 0.25) is 0 Å². The summed E-state index contributed by atoms with van der Waals surface area (Å²) in [7, 11) is 0. The predicted molar refractivity (Wildman–Crippen MR) is 146 cm³/mol. The number of nitrogens with zero attached hydrogens (tertiary/aromatic N) is 3. The molecule has 5 rings (SSSR count). The number of nitrogens with one attached hydrogen (secondary N) is 1. The lowest BCUT2D eigenvalue weighted by atomic mass is 9.97. The van der Waals surface area contributed by atoms with Gasteiger partial charge in [0.25, 0.3) is 11.5 Å². The summed E-state index contributed by atoms with van der Waals surface area (Å²) in [5.74, 6) is 0.486. The number of para-hydroxylation sites is 2. The Balaban J connectivity index is 1.39. The average Bonchev–Trinajstić information content (AvgIpc) is 3.28. The third kappa shape index (κ3) is 5.08. The van der Waals surface area contributed by atoms with Crippen LogP contribution in [0.25, 0.3) is 15.9 Å². The van der Waals surface area contributed by atoms with E-state index in [2.05, 4.69) is 10.5 Å². The van der Waals surface area contributed by atoms with E-state index in [9.17, 15) is 9.59 Å². The quantitative estimate of drug-likeness (QED) is 0.154. The number of hydrogen-bond donors (Lipinski definition) is 1. The SMILES string of the molecule is CCOc1ccccc1/C=N/NC(=O)CSc1nc2sc3c(c2c(=O)n1-c1ccccc1)CCCC3. The Morgan fingerprint density at radius 3 is 2.78 bits per heavy atom. The van der Waals surface area contributed by atoms with E-state index in [0.717, 1.165) is 52.7 Å². The molecule has 2 aromatic heterocycles. The molecule has 0 bridgehead atoms. The van der Waals surface area contributed by atoms with Crippen molar-refractivity contribution in [3.05, 3.63) is 81.0 Å². The van der Waals surface area contributed by atoms with E-state index in [1.807, 2.05) is 61.5 Å². The van der Waals surface area contributed by atoms with Crippen molar-refractivity contribution in [2.75, 3.05) is 12.4 Å². The maximum absolute atomic E-state index is 13.7. The molecule has 1 aliphatic rings. The van der Waals surface area contributed by atoms with Crippen LogP contribution in [-0.4, -0.2) is 34.0 Å². The highest BCUT2D eigenvalue weighted by molar-refractivity contribution is 7.99. The van der Waals surface area contributed by atoms with Gasteiger partial charge < -0.3 is 4.74 Å². The standard InChI is InChI=1S/C27H26N4O3S2/c1-2-34-21-14-8-6-10-18(21)16-28-30-23(32)17-35-27-29-25-24(20-13-7-9-15-22(20)36-25)26(33)31(27)19-11-4-3-5-12-19/h3-6,8,10-12,14,16H,2,7,9,13,15,17H2,1H3,(H,30,32)/b28-16+. The van der Waals surface area contributed by atoms with Gasteiger partial charge in [0.1, 0.15) is 10.6 Å². The largest absolute Gasteiger partial charge is 0.493 e. The number of rotatable bonds is 8. The summed E-state index contributed by atoms with van der Waals surface area (Å²) in [6.07, 6.45) is 5.71. The molecule has 36 heavy (non-hydrogen) atoms. The number of amides is 1. The zero-order valence-electron chi connectivity index (χ0n) is 19.9. The van der Waals surface area contributed by atoms with E-state index in [4.69, 9.17) is 9.72 Å². The molecule has 1 aliphatic carbocycles. The van der Waals surface area contributed by atoms with Crippen LogP contribution in [0.2, 0.25) is 0 Å². The van der Waals surface area contributed by atoms with E-state index >= 15 is 0 Å². The molecule has 0 unspecified atom stereocenters. The maximum Gasteiger partial charge on any atom is 0.267 e. The normalized spacial score (nSPS) is 13.1. The topological polar surface area (TPSA) is 85.6 Å². The lowest BCUT2D eigenvalue weighted by Gasteiger charge is -2.13. The minimum absolute atomic E-state index is 0.0698. The van der Waals surface area contributed by atoms with Crippen LogP contribution in [0.15, 0.2) is 69.6 Å². The zero-order valence-corrected chi connectivity index (χ0v) is 21.5. The van der Waals surface area contributed by atoms with Crippen LogP contribution >= 0.6 is 23.1 Å². The van der Waals surface area contributed by atoms with Gasteiger partial charge in [-0.25, -0.2) is 10.4 Å². The average molecular weight is 519 g/mol. The second-order valence-corrected chi connectivity index (χ2v) is 10.3. The molecule has 0 radical (unpaired) electrons. The first-order valence-corrected chi connectivity index (χ1v) is 13.7. The first-order valence-electron chi connectivity index (χ1n) is 11.9. The minimum Gasteiger partial charge on any atom is -0.493 e. The van der Waals surface area contributed by atoms with Gasteiger partial charge in [-0.1, -0.05) is 42.1 Å². The number of fused-ring (bicyclic) bond motifs is 3. The second kappa shape index (κ2) is 11.1. The number of aryl methyl sites for hydroxylation is 2. The molecule has 0 saturated heterocycles. The number of aromatic nitrogens is 2. The fourth-order valence-corrected chi connectivity index (χ4v) is 6.41. The van der Waals surface area contributed by atoms with Crippen LogP contribution in [0.4, 0.5) is 0 Å². The van der Waals surface area contributed by atoms with Crippen molar-refractivity contribution in [3.63, 3.8) is 0 Å². The van der Waals surface area contributed by atoms with Gasteiger partial charge in [-0.3, -0.25) is 14.2 Å². The third-order valence-corrected chi connectivity index (χ3v) is 8.04. The fraction of sp³-hybridized carbons (Fsp3) is 0.259. The molecule has 0 aliphatic heterocycles. The van der Waals surface area contributed by atoms with Gasteiger partial charge in [-0.2, -0.15) is 5.10 Å². The van der Waals surface area contributed by atoms with Crippen LogP contribution in [0.5, 0.6) is 5.75 Å². The molecule has 1 N–H and O–H groups in total. The van der Waals surface area contributed by atoms with Crippen molar-refractivity contribution in [1.82, 2.24) is 15.0 Å². The number of thioether (sulfide) groups is 1. The highest BCUT2D eigenvalue weighted by Gasteiger charge is 2.23. The maximum atomic E-state index is 13.7. The predicted octanol–water partition coefficient (Wildman–Crippen LogP) is 4.97. The van der Waals surface area contributed by atoms with Crippen molar-refractivity contribution in [3.8, 4) is 11.4 Å². The number of carbonyl (C=O) groups excluding carboxylic acids is 1. The molecule has 184 valence electrons. The van der Waals surface area contributed by atoms with Gasteiger partial charge in [0.05, 0.1) is 29.6 Å². The summed E-state index contributed by atoms with van der Waals surface area (Å²) in [6, 6.07) is 17.0. The Morgan fingerprint density at radius 2 is 1.94 bits per heavy atom. The molecule has 4 aromatic rings. The number of benzene rings is 2. The minimum atomic E-state index is -0.287. The molecule has 0 fully saturated rings. The summed E-state index contributed by atoms with van der Waals surface area (Å²) in [5, 5.41) is 5.31. The van der Waals surface area contributed by atoms with E-state index in [-0.39, 0.29) is 17.2 Å². The van der Waals surface area contributed by atoms with Crippen molar-refractivity contribution in [1.29, 1.82) is 0 Å². The van der Waals surface area contributed by atoms with Gasteiger partial charge in [0, 0.05) is 10.4 Å². The molecule has 2 heterocycles. The van der Waals surface area contributed by atoms with E-state index in [1.54, 1.807) is 22.1 Å². The first kappa shape index (κ1) is 24.3. The molecule has 2 aromatic carbocycles. The molecular formula is C27H26N4O3S2. The van der Waals surface area contributed by atoms with Crippen LogP contribution in [0, 0.1) is 0 Å². The number of carbonyl (C=O) groups is 1. The van der Waals surface area contributed by atoms with Crippen molar-refractivity contribution in [2.45, 2.75) is 37.8 Å². The highest BCUT2D eigenvalue weighted by atomic mass is 32.2. The number of thiophene rings is 1. The van der Waals surface area contributed by atoms with Crippen LogP contribution in [-0.2, 0) is 17.6 Å². The molecule has 0 saturated carbocycles. The summed E-state index contributed by atoms with van der Waals surface area (Å²) < 4.78 is 7.21. The van der Waals surface area contributed by atoms with E-state index in [0.29, 0.717) is 17.5 Å². The smallest absolute Gasteiger partial charge is 0.267 e. The number of ether oxygens (including phenoxy) is 1.